The maximum absolute atomic E-state index is 10.7. The maximum Gasteiger partial charge on any atom is 0.270 e. The molecule has 0 amide bonds. The van der Waals surface area contributed by atoms with Gasteiger partial charge in [-0.3, -0.25) is 15.0 Å². The van der Waals surface area contributed by atoms with Gasteiger partial charge in [0.1, 0.15) is 5.75 Å². The third-order valence-corrected chi connectivity index (χ3v) is 2.78. The summed E-state index contributed by atoms with van der Waals surface area (Å²) in [5.74, 6) is 0.106. The first-order valence-corrected chi connectivity index (χ1v) is 5.66. The molecule has 0 saturated carbocycles. The topological polar surface area (TPSA) is 66.6 Å². The molecule has 0 saturated heterocycles. The average molecular weight is 238 g/mol. The Labute approximate surface area is 101 Å². The molecule has 5 heteroatoms. The Morgan fingerprint density at radius 1 is 1.47 bits per heavy atom. The van der Waals surface area contributed by atoms with Crippen molar-refractivity contribution in [3.05, 3.63) is 33.9 Å². The van der Waals surface area contributed by atoms with Crippen LogP contribution in [0.25, 0.3) is 0 Å². The van der Waals surface area contributed by atoms with Crippen molar-refractivity contribution >= 4 is 5.69 Å². The highest BCUT2D eigenvalue weighted by Gasteiger charge is 2.14. The molecule has 17 heavy (non-hydrogen) atoms. The summed E-state index contributed by atoms with van der Waals surface area (Å²) in [6.07, 6.45) is 0. The largest absolute Gasteiger partial charge is 0.508 e. The van der Waals surface area contributed by atoms with E-state index >= 15 is 0 Å². The average Bonchev–Trinajstić information content (AvgIpc) is 2.27. The lowest BCUT2D eigenvalue weighted by Gasteiger charge is -2.24. The summed E-state index contributed by atoms with van der Waals surface area (Å²) in [5.41, 5.74) is 0.604. The minimum Gasteiger partial charge on any atom is -0.508 e. The summed E-state index contributed by atoms with van der Waals surface area (Å²) in [6, 6.07) is 4.45. The first-order valence-electron chi connectivity index (χ1n) is 5.66. The van der Waals surface area contributed by atoms with E-state index in [2.05, 4.69) is 18.7 Å². The van der Waals surface area contributed by atoms with Gasteiger partial charge in [0.25, 0.3) is 5.69 Å². The molecule has 0 atom stereocenters. The lowest BCUT2D eigenvalue weighted by molar-refractivity contribution is -0.385. The number of nitrogens with zero attached hydrogens (tertiary/aromatic N) is 2. The van der Waals surface area contributed by atoms with Crippen molar-refractivity contribution in [2.75, 3.05) is 6.54 Å². The Balaban J connectivity index is 2.96. The van der Waals surface area contributed by atoms with Crippen molar-refractivity contribution in [1.29, 1.82) is 0 Å². The van der Waals surface area contributed by atoms with E-state index in [-0.39, 0.29) is 11.4 Å². The third-order valence-electron chi connectivity index (χ3n) is 2.78. The Kier molecular flexibility index (Phi) is 4.45. The van der Waals surface area contributed by atoms with E-state index in [1.807, 2.05) is 6.92 Å². The number of non-ortho nitro benzene ring substituents is 1. The number of benzene rings is 1. The van der Waals surface area contributed by atoms with E-state index in [0.717, 1.165) is 6.54 Å². The number of nitro benzene ring substituents is 1. The molecular formula is C12H18N2O3. The van der Waals surface area contributed by atoms with E-state index in [4.69, 9.17) is 0 Å². The number of phenolic OH excluding ortho intramolecular Hbond substituents is 1. The van der Waals surface area contributed by atoms with Crippen LogP contribution in [-0.4, -0.2) is 27.5 Å². The molecule has 0 fully saturated rings. The van der Waals surface area contributed by atoms with Gasteiger partial charge in [-0.1, -0.05) is 6.92 Å². The molecular weight excluding hydrogens is 220 g/mol. The number of phenols is 1. The predicted octanol–water partition coefficient (Wildman–Crippen LogP) is 2.53. The van der Waals surface area contributed by atoms with Crippen molar-refractivity contribution in [2.45, 2.75) is 33.4 Å². The number of hydrogen-bond acceptors (Lipinski definition) is 4. The lowest BCUT2D eigenvalue weighted by Crippen LogP contribution is -2.29. The fraction of sp³-hybridized carbons (Fsp3) is 0.500. The summed E-state index contributed by atoms with van der Waals surface area (Å²) in [6.45, 7) is 7.48. The fourth-order valence-electron chi connectivity index (χ4n) is 1.69. The van der Waals surface area contributed by atoms with Gasteiger partial charge in [-0.15, -0.1) is 0 Å². The van der Waals surface area contributed by atoms with Crippen LogP contribution >= 0.6 is 0 Å². The molecule has 0 aliphatic rings. The molecule has 0 unspecified atom stereocenters. The van der Waals surface area contributed by atoms with E-state index in [0.29, 0.717) is 18.2 Å². The molecule has 1 aromatic carbocycles. The van der Waals surface area contributed by atoms with Crippen molar-refractivity contribution < 1.29 is 10.0 Å². The van der Waals surface area contributed by atoms with Crippen LogP contribution in [0.3, 0.4) is 0 Å². The maximum atomic E-state index is 10.7. The summed E-state index contributed by atoms with van der Waals surface area (Å²) in [5, 5.41) is 20.4. The quantitative estimate of drug-likeness (QED) is 0.632. The van der Waals surface area contributed by atoms with Gasteiger partial charge in [0.2, 0.25) is 0 Å². The van der Waals surface area contributed by atoms with Crippen LogP contribution < -0.4 is 0 Å². The summed E-state index contributed by atoms with van der Waals surface area (Å²) < 4.78 is 0. The van der Waals surface area contributed by atoms with Crippen LogP contribution in [0, 0.1) is 10.1 Å². The van der Waals surface area contributed by atoms with Gasteiger partial charge in [0.15, 0.2) is 0 Å². The highest BCUT2D eigenvalue weighted by Crippen LogP contribution is 2.24. The standard InChI is InChI=1S/C12H18N2O3/c1-4-13(9(2)3)8-10-7-11(14(16)17)5-6-12(10)15/h5-7,9,15H,4,8H2,1-3H3. The Bertz CT molecular complexity index is 405. The minimum absolute atomic E-state index is 0.0117. The summed E-state index contributed by atoms with van der Waals surface area (Å²) >= 11 is 0. The number of nitro groups is 1. The molecule has 5 nitrogen and oxygen atoms in total. The zero-order valence-corrected chi connectivity index (χ0v) is 10.4. The van der Waals surface area contributed by atoms with Crippen LogP contribution in [-0.2, 0) is 6.54 Å². The molecule has 0 aliphatic heterocycles. The van der Waals surface area contributed by atoms with Gasteiger partial charge in [0, 0.05) is 30.3 Å². The van der Waals surface area contributed by atoms with Crippen LogP contribution in [0.15, 0.2) is 18.2 Å². The molecule has 0 heterocycles. The molecule has 1 aromatic rings. The lowest BCUT2D eigenvalue weighted by atomic mass is 10.1. The summed E-state index contributed by atoms with van der Waals surface area (Å²) in [7, 11) is 0. The van der Waals surface area contributed by atoms with E-state index in [9.17, 15) is 15.2 Å². The second kappa shape index (κ2) is 5.63. The zero-order valence-electron chi connectivity index (χ0n) is 10.4. The second-order valence-electron chi connectivity index (χ2n) is 4.23. The van der Waals surface area contributed by atoms with Crippen LogP contribution in [0.4, 0.5) is 5.69 Å². The third kappa shape index (κ3) is 3.42. The first kappa shape index (κ1) is 13.4. The van der Waals surface area contributed by atoms with Gasteiger partial charge in [-0.2, -0.15) is 0 Å². The second-order valence-corrected chi connectivity index (χ2v) is 4.23. The molecule has 0 spiro atoms. The number of hydrogen-bond donors (Lipinski definition) is 1. The normalized spacial score (nSPS) is 11.1. The van der Waals surface area contributed by atoms with Crippen molar-refractivity contribution in [3.8, 4) is 5.75 Å². The van der Waals surface area contributed by atoms with Gasteiger partial charge in [-0.05, 0) is 26.5 Å². The Hall–Kier alpha value is -1.62. The van der Waals surface area contributed by atoms with Gasteiger partial charge >= 0.3 is 0 Å². The number of rotatable bonds is 5. The predicted molar refractivity (Wildman–Crippen MR) is 66.0 cm³/mol. The van der Waals surface area contributed by atoms with Crippen LogP contribution in [0.5, 0.6) is 5.75 Å². The molecule has 0 aromatic heterocycles. The SMILES string of the molecule is CCN(Cc1cc([N+](=O)[O-])ccc1O)C(C)C. The van der Waals surface area contributed by atoms with E-state index in [1.165, 1.54) is 18.2 Å². The Morgan fingerprint density at radius 2 is 2.12 bits per heavy atom. The van der Waals surface area contributed by atoms with Gasteiger partial charge < -0.3 is 5.11 Å². The van der Waals surface area contributed by atoms with Gasteiger partial charge in [0.05, 0.1) is 4.92 Å². The van der Waals surface area contributed by atoms with Crippen LogP contribution in [0.2, 0.25) is 0 Å². The minimum atomic E-state index is -0.450. The molecule has 0 aliphatic carbocycles. The van der Waals surface area contributed by atoms with E-state index < -0.39 is 4.92 Å². The fourth-order valence-corrected chi connectivity index (χ4v) is 1.69. The molecule has 0 bridgehead atoms. The van der Waals surface area contributed by atoms with Crippen molar-refractivity contribution in [1.82, 2.24) is 4.90 Å². The smallest absolute Gasteiger partial charge is 0.270 e. The highest BCUT2D eigenvalue weighted by molar-refractivity contribution is 5.42. The van der Waals surface area contributed by atoms with Crippen molar-refractivity contribution in [2.24, 2.45) is 0 Å². The summed E-state index contributed by atoms with van der Waals surface area (Å²) in [4.78, 5) is 12.3. The van der Waals surface area contributed by atoms with Crippen molar-refractivity contribution in [3.63, 3.8) is 0 Å². The zero-order chi connectivity index (χ0) is 13.0. The van der Waals surface area contributed by atoms with Gasteiger partial charge in [-0.25, -0.2) is 0 Å². The molecule has 1 N–H and O–H groups in total. The van der Waals surface area contributed by atoms with E-state index in [1.54, 1.807) is 0 Å². The number of aromatic hydroxyl groups is 1. The molecule has 94 valence electrons. The highest BCUT2D eigenvalue weighted by atomic mass is 16.6. The molecule has 1 rings (SSSR count). The Morgan fingerprint density at radius 3 is 2.59 bits per heavy atom. The molecule has 0 radical (unpaired) electrons. The van der Waals surface area contributed by atoms with Crippen LogP contribution in [0.1, 0.15) is 26.3 Å². The monoisotopic (exact) mass is 238 g/mol. The first-order chi connectivity index (χ1) is 7.95.